The Labute approximate surface area is 94.3 Å². The standard InChI is InChI=1S/C12H17NO3/c1-7-6-13-9-4-8(2-3-11(15)16)5-10(14)12(7)9/h6,8,10,13-14H,2-5H2,1H3,(H,15,16). The average molecular weight is 223 g/mol. The lowest BCUT2D eigenvalue weighted by molar-refractivity contribution is -0.137. The number of hydrogen-bond acceptors (Lipinski definition) is 2. The highest BCUT2D eigenvalue weighted by Gasteiger charge is 2.28. The summed E-state index contributed by atoms with van der Waals surface area (Å²) in [6.07, 6.45) is 3.84. The van der Waals surface area contributed by atoms with Gasteiger partial charge in [0.1, 0.15) is 0 Å². The summed E-state index contributed by atoms with van der Waals surface area (Å²) in [5.74, 6) is -0.486. The second-order valence-electron chi connectivity index (χ2n) is 4.62. The molecule has 0 bridgehead atoms. The number of nitrogens with one attached hydrogen (secondary N) is 1. The number of aliphatic carboxylic acids is 1. The van der Waals surface area contributed by atoms with Crippen LogP contribution >= 0.6 is 0 Å². The number of hydrogen-bond donors (Lipinski definition) is 3. The van der Waals surface area contributed by atoms with E-state index in [0.29, 0.717) is 12.8 Å². The number of aryl methyl sites for hydroxylation is 1. The molecular weight excluding hydrogens is 206 g/mol. The van der Waals surface area contributed by atoms with Crippen molar-refractivity contribution in [2.75, 3.05) is 0 Å². The maximum absolute atomic E-state index is 10.5. The van der Waals surface area contributed by atoms with E-state index in [4.69, 9.17) is 5.11 Å². The monoisotopic (exact) mass is 223 g/mol. The Balaban J connectivity index is 2.06. The number of aliphatic hydroxyl groups excluding tert-OH is 1. The number of carbonyl (C=O) groups is 1. The van der Waals surface area contributed by atoms with Crippen molar-refractivity contribution in [2.24, 2.45) is 5.92 Å². The predicted octanol–water partition coefficient (Wildman–Crippen LogP) is 1.78. The van der Waals surface area contributed by atoms with Crippen molar-refractivity contribution in [2.45, 2.75) is 38.7 Å². The molecule has 0 radical (unpaired) electrons. The van der Waals surface area contributed by atoms with Gasteiger partial charge < -0.3 is 15.2 Å². The van der Waals surface area contributed by atoms with Crippen LogP contribution in [0, 0.1) is 12.8 Å². The van der Waals surface area contributed by atoms with Gasteiger partial charge in [-0.2, -0.15) is 0 Å². The molecule has 2 rings (SSSR count). The van der Waals surface area contributed by atoms with Crippen molar-refractivity contribution in [1.82, 2.24) is 4.98 Å². The third-order valence-corrected chi connectivity index (χ3v) is 3.36. The Morgan fingerprint density at radius 3 is 3.06 bits per heavy atom. The van der Waals surface area contributed by atoms with Crippen LogP contribution in [0.25, 0.3) is 0 Å². The van der Waals surface area contributed by atoms with Crippen LogP contribution in [0.4, 0.5) is 0 Å². The molecule has 88 valence electrons. The number of carboxylic acid groups (broad SMARTS) is 1. The van der Waals surface area contributed by atoms with Crippen LogP contribution in [0.1, 0.15) is 42.2 Å². The Hall–Kier alpha value is -1.29. The maximum Gasteiger partial charge on any atom is 0.303 e. The minimum absolute atomic E-state index is 0.187. The third-order valence-electron chi connectivity index (χ3n) is 3.36. The zero-order valence-corrected chi connectivity index (χ0v) is 9.36. The molecule has 3 N–H and O–H groups in total. The van der Waals surface area contributed by atoms with Crippen molar-refractivity contribution in [3.05, 3.63) is 23.0 Å². The first-order chi connectivity index (χ1) is 7.58. The van der Waals surface area contributed by atoms with E-state index in [1.54, 1.807) is 0 Å². The molecular formula is C12H17NO3. The molecule has 1 aliphatic carbocycles. The molecule has 0 fully saturated rings. The van der Waals surface area contributed by atoms with E-state index < -0.39 is 12.1 Å². The molecule has 4 heteroatoms. The van der Waals surface area contributed by atoms with Crippen LogP contribution in [0.15, 0.2) is 6.20 Å². The minimum Gasteiger partial charge on any atom is -0.481 e. The highest BCUT2D eigenvalue weighted by molar-refractivity contribution is 5.66. The molecule has 0 saturated carbocycles. The number of aliphatic hydroxyl groups is 1. The van der Waals surface area contributed by atoms with Crippen molar-refractivity contribution in [1.29, 1.82) is 0 Å². The van der Waals surface area contributed by atoms with Crippen molar-refractivity contribution in [3.8, 4) is 0 Å². The lowest BCUT2D eigenvalue weighted by atomic mass is 9.82. The van der Waals surface area contributed by atoms with Crippen LogP contribution in [0.2, 0.25) is 0 Å². The van der Waals surface area contributed by atoms with E-state index in [1.807, 2.05) is 13.1 Å². The fourth-order valence-electron chi connectivity index (χ4n) is 2.57. The van der Waals surface area contributed by atoms with Gasteiger partial charge in [0.15, 0.2) is 0 Å². The smallest absolute Gasteiger partial charge is 0.303 e. The van der Waals surface area contributed by atoms with Gasteiger partial charge in [0, 0.05) is 23.9 Å². The van der Waals surface area contributed by atoms with Crippen LogP contribution in [-0.4, -0.2) is 21.2 Å². The molecule has 1 aliphatic rings. The van der Waals surface area contributed by atoms with Crippen LogP contribution < -0.4 is 0 Å². The summed E-state index contributed by atoms with van der Waals surface area (Å²) >= 11 is 0. The molecule has 0 aromatic carbocycles. The summed E-state index contributed by atoms with van der Waals surface area (Å²) in [5, 5.41) is 18.6. The van der Waals surface area contributed by atoms with E-state index in [9.17, 15) is 9.90 Å². The van der Waals surface area contributed by atoms with Gasteiger partial charge in [0.05, 0.1) is 6.10 Å². The van der Waals surface area contributed by atoms with E-state index in [-0.39, 0.29) is 12.3 Å². The first-order valence-corrected chi connectivity index (χ1v) is 5.64. The first-order valence-electron chi connectivity index (χ1n) is 5.64. The number of aromatic nitrogens is 1. The minimum atomic E-state index is -0.761. The fraction of sp³-hybridized carbons (Fsp3) is 0.583. The average Bonchev–Trinajstić information content (AvgIpc) is 2.58. The zero-order chi connectivity index (χ0) is 11.7. The Kier molecular flexibility index (Phi) is 3.01. The Morgan fingerprint density at radius 2 is 2.38 bits per heavy atom. The molecule has 0 amide bonds. The number of H-pyrrole nitrogens is 1. The van der Waals surface area contributed by atoms with Crippen LogP contribution in [0.3, 0.4) is 0 Å². The highest BCUT2D eigenvalue weighted by Crippen LogP contribution is 2.36. The number of carboxylic acids is 1. The highest BCUT2D eigenvalue weighted by atomic mass is 16.4. The van der Waals surface area contributed by atoms with Crippen molar-refractivity contribution >= 4 is 5.97 Å². The van der Waals surface area contributed by atoms with E-state index in [2.05, 4.69) is 4.98 Å². The van der Waals surface area contributed by atoms with E-state index >= 15 is 0 Å². The second kappa shape index (κ2) is 4.29. The molecule has 16 heavy (non-hydrogen) atoms. The summed E-state index contributed by atoms with van der Waals surface area (Å²) in [4.78, 5) is 13.7. The lowest BCUT2D eigenvalue weighted by Gasteiger charge is -2.26. The molecule has 2 unspecified atom stereocenters. The number of rotatable bonds is 3. The van der Waals surface area contributed by atoms with Gasteiger partial charge in [0.2, 0.25) is 0 Å². The molecule has 4 nitrogen and oxygen atoms in total. The zero-order valence-electron chi connectivity index (χ0n) is 9.36. The molecule has 0 saturated heterocycles. The lowest BCUT2D eigenvalue weighted by Crippen LogP contribution is -2.19. The largest absolute Gasteiger partial charge is 0.481 e. The van der Waals surface area contributed by atoms with Gasteiger partial charge in [-0.1, -0.05) is 0 Å². The summed E-state index contributed by atoms with van der Waals surface area (Å²) in [5.41, 5.74) is 3.19. The summed E-state index contributed by atoms with van der Waals surface area (Å²) in [7, 11) is 0. The third kappa shape index (κ3) is 2.11. The molecule has 0 spiro atoms. The van der Waals surface area contributed by atoms with Crippen LogP contribution in [0.5, 0.6) is 0 Å². The Morgan fingerprint density at radius 1 is 1.62 bits per heavy atom. The Bertz CT molecular complexity index is 397. The predicted molar refractivity (Wildman–Crippen MR) is 59.2 cm³/mol. The molecule has 2 atom stereocenters. The number of aromatic amines is 1. The molecule has 1 heterocycles. The quantitative estimate of drug-likeness (QED) is 0.731. The summed E-state index contributed by atoms with van der Waals surface area (Å²) < 4.78 is 0. The van der Waals surface area contributed by atoms with Gasteiger partial charge >= 0.3 is 5.97 Å². The van der Waals surface area contributed by atoms with Crippen LogP contribution in [-0.2, 0) is 11.2 Å². The summed E-state index contributed by atoms with van der Waals surface area (Å²) in [6.45, 7) is 1.98. The maximum atomic E-state index is 10.5. The molecule has 1 aromatic rings. The summed E-state index contributed by atoms with van der Waals surface area (Å²) in [6, 6.07) is 0. The van der Waals surface area contributed by atoms with E-state index in [1.165, 1.54) is 0 Å². The molecule has 1 aromatic heterocycles. The van der Waals surface area contributed by atoms with Gasteiger partial charge in [-0.25, -0.2) is 0 Å². The second-order valence-corrected chi connectivity index (χ2v) is 4.62. The first kappa shape index (κ1) is 11.2. The van der Waals surface area contributed by atoms with Gasteiger partial charge in [-0.15, -0.1) is 0 Å². The normalized spacial score (nSPS) is 24.1. The SMILES string of the molecule is Cc1c[nH]c2c1C(O)CC(CCC(=O)O)C2. The van der Waals surface area contributed by atoms with Gasteiger partial charge in [-0.3, -0.25) is 4.79 Å². The van der Waals surface area contributed by atoms with Crippen molar-refractivity contribution in [3.63, 3.8) is 0 Å². The fourth-order valence-corrected chi connectivity index (χ4v) is 2.57. The van der Waals surface area contributed by atoms with E-state index in [0.717, 1.165) is 23.2 Å². The van der Waals surface area contributed by atoms with Crippen molar-refractivity contribution < 1.29 is 15.0 Å². The number of fused-ring (bicyclic) bond motifs is 1. The van der Waals surface area contributed by atoms with Gasteiger partial charge in [0.25, 0.3) is 0 Å². The molecule has 0 aliphatic heterocycles. The topological polar surface area (TPSA) is 73.3 Å². The van der Waals surface area contributed by atoms with Gasteiger partial charge in [-0.05, 0) is 37.7 Å².